The van der Waals surface area contributed by atoms with Crippen molar-refractivity contribution in [3.63, 3.8) is 0 Å². The summed E-state index contributed by atoms with van der Waals surface area (Å²) in [5.41, 5.74) is 2.12. The molecule has 2 atom stereocenters. The Labute approximate surface area is 98.5 Å². The van der Waals surface area contributed by atoms with E-state index < -0.39 is 11.1 Å². The molecular weight excluding hydrogens is 222 g/mol. The summed E-state index contributed by atoms with van der Waals surface area (Å²) in [7, 11) is 0. The van der Waals surface area contributed by atoms with E-state index in [1.165, 1.54) is 24.8 Å². The van der Waals surface area contributed by atoms with E-state index in [0.29, 0.717) is 6.04 Å². The Bertz CT molecular complexity index is 358. The quantitative estimate of drug-likeness (QED) is 0.818. The molecule has 4 heteroatoms. The van der Waals surface area contributed by atoms with Crippen LogP contribution < -0.4 is 5.32 Å². The molecular formula is C12H16NO2S-. The van der Waals surface area contributed by atoms with Gasteiger partial charge in [-0.2, -0.15) is 0 Å². The van der Waals surface area contributed by atoms with Gasteiger partial charge in [0.15, 0.2) is 0 Å². The summed E-state index contributed by atoms with van der Waals surface area (Å²) < 4.78 is 21.1. The predicted octanol–water partition coefficient (Wildman–Crippen LogP) is 1.88. The molecule has 1 aliphatic rings. The maximum Gasteiger partial charge on any atom is 0.0353 e. The summed E-state index contributed by atoms with van der Waals surface area (Å²) in [5, 5.41) is 3.47. The van der Waals surface area contributed by atoms with Crippen LogP contribution >= 0.6 is 0 Å². The minimum absolute atomic E-state index is 0.109. The van der Waals surface area contributed by atoms with Gasteiger partial charge in [0.1, 0.15) is 0 Å². The number of hydrogen-bond donors (Lipinski definition) is 1. The van der Waals surface area contributed by atoms with Gasteiger partial charge in [-0.15, -0.1) is 0 Å². The molecule has 1 aromatic carbocycles. The molecule has 1 fully saturated rings. The molecule has 0 radical (unpaired) electrons. The third-order valence-electron chi connectivity index (χ3n) is 2.98. The van der Waals surface area contributed by atoms with Crippen LogP contribution in [0.3, 0.4) is 0 Å². The van der Waals surface area contributed by atoms with Gasteiger partial charge in [0, 0.05) is 11.8 Å². The minimum Gasteiger partial charge on any atom is -0.772 e. The van der Waals surface area contributed by atoms with Gasteiger partial charge < -0.3 is 9.87 Å². The first-order chi connectivity index (χ1) is 7.75. The highest BCUT2D eigenvalue weighted by molar-refractivity contribution is 7.78. The Morgan fingerprint density at radius 1 is 1.31 bits per heavy atom. The highest BCUT2D eigenvalue weighted by atomic mass is 32.2. The van der Waals surface area contributed by atoms with E-state index in [1.807, 2.05) is 24.3 Å². The molecule has 0 spiro atoms. The Hall–Kier alpha value is -0.710. The van der Waals surface area contributed by atoms with E-state index in [0.717, 1.165) is 12.1 Å². The summed E-state index contributed by atoms with van der Waals surface area (Å²) in [5.74, 6) is 0.109. The number of benzene rings is 1. The van der Waals surface area contributed by atoms with Gasteiger partial charge in [0.25, 0.3) is 0 Å². The second-order valence-electron chi connectivity index (χ2n) is 4.19. The molecule has 0 amide bonds. The highest BCUT2D eigenvalue weighted by Gasteiger charge is 2.13. The summed E-state index contributed by atoms with van der Waals surface area (Å²) in [4.78, 5) is 0. The first kappa shape index (κ1) is 11.8. The van der Waals surface area contributed by atoms with Crippen molar-refractivity contribution in [3.05, 3.63) is 35.4 Å². The zero-order valence-electron chi connectivity index (χ0n) is 9.15. The van der Waals surface area contributed by atoms with Crippen LogP contribution in [0, 0.1) is 0 Å². The van der Waals surface area contributed by atoms with Crippen molar-refractivity contribution in [2.75, 3.05) is 6.54 Å². The van der Waals surface area contributed by atoms with E-state index in [2.05, 4.69) is 5.32 Å². The smallest absolute Gasteiger partial charge is 0.0353 e. The molecule has 1 saturated heterocycles. The van der Waals surface area contributed by atoms with Crippen LogP contribution in [-0.4, -0.2) is 15.3 Å². The summed E-state index contributed by atoms with van der Waals surface area (Å²) in [6.45, 7) is 1.08. The first-order valence-electron chi connectivity index (χ1n) is 5.64. The lowest BCUT2D eigenvalue weighted by Gasteiger charge is -2.24. The predicted molar refractivity (Wildman–Crippen MR) is 63.7 cm³/mol. The Morgan fingerprint density at radius 2 is 2.06 bits per heavy atom. The van der Waals surface area contributed by atoms with Crippen molar-refractivity contribution in [2.24, 2.45) is 0 Å². The lowest BCUT2D eigenvalue weighted by atomic mass is 9.97. The van der Waals surface area contributed by atoms with Crippen molar-refractivity contribution in [3.8, 4) is 0 Å². The second-order valence-corrected chi connectivity index (χ2v) is 5.09. The molecule has 0 saturated carbocycles. The highest BCUT2D eigenvalue weighted by Crippen LogP contribution is 2.23. The van der Waals surface area contributed by atoms with Crippen molar-refractivity contribution >= 4 is 11.1 Å². The van der Waals surface area contributed by atoms with Gasteiger partial charge in [-0.25, -0.2) is 0 Å². The average Bonchev–Trinajstić information content (AvgIpc) is 2.30. The van der Waals surface area contributed by atoms with Crippen LogP contribution in [0.4, 0.5) is 0 Å². The van der Waals surface area contributed by atoms with Gasteiger partial charge in [0.05, 0.1) is 0 Å². The van der Waals surface area contributed by atoms with E-state index in [1.54, 1.807) is 0 Å². The first-order valence-corrected chi connectivity index (χ1v) is 6.88. The zero-order valence-corrected chi connectivity index (χ0v) is 9.96. The van der Waals surface area contributed by atoms with Gasteiger partial charge in [-0.05, 0) is 30.5 Å². The fourth-order valence-corrected chi connectivity index (χ4v) is 2.58. The van der Waals surface area contributed by atoms with Gasteiger partial charge in [0.2, 0.25) is 0 Å². The molecule has 1 heterocycles. The van der Waals surface area contributed by atoms with E-state index in [9.17, 15) is 8.76 Å². The van der Waals surface area contributed by atoms with E-state index >= 15 is 0 Å². The molecule has 0 aliphatic carbocycles. The van der Waals surface area contributed by atoms with Crippen molar-refractivity contribution in [1.29, 1.82) is 0 Å². The van der Waals surface area contributed by atoms with Crippen LogP contribution in [-0.2, 0) is 16.8 Å². The number of rotatable bonds is 3. The topological polar surface area (TPSA) is 52.2 Å². The summed E-state index contributed by atoms with van der Waals surface area (Å²) >= 11 is -1.99. The number of hydrogen-bond acceptors (Lipinski definition) is 3. The molecule has 1 aliphatic heterocycles. The molecule has 1 N–H and O–H groups in total. The number of nitrogens with one attached hydrogen (secondary N) is 1. The largest absolute Gasteiger partial charge is 0.772 e. The number of piperidine rings is 1. The van der Waals surface area contributed by atoms with Gasteiger partial charge >= 0.3 is 0 Å². The SMILES string of the molecule is O=S([O-])Cc1ccc(C2CCCCN2)cc1. The maximum atomic E-state index is 10.5. The van der Waals surface area contributed by atoms with Crippen molar-refractivity contribution in [2.45, 2.75) is 31.1 Å². The second kappa shape index (κ2) is 5.57. The third-order valence-corrected chi connectivity index (χ3v) is 3.55. The van der Waals surface area contributed by atoms with Crippen LogP contribution in [0.2, 0.25) is 0 Å². The fourth-order valence-electron chi connectivity index (χ4n) is 2.12. The zero-order chi connectivity index (χ0) is 11.4. The molecule has 0 aromatic heterocycles. The third kappa shape index (κ3) is 3.14. The molecule has 2 rings (SSSR count). The normalized spacial score (nSPS) is 22.9. The van der Waals surface area contributed by atoms with Crippen LogP contribution in [0.5, 0.6) is 0 Å². The molecule has 88 valence electrons. The molecule has 0 bridgehead atoms. The van der Waals surface area contributed by atoms with Crippen LogP contribution in [0.25, 0.3) is 0 Å². The van der Waals surface area contributed by atoms with Gasteiger partial charge in [-0.3, -0.25) is 4.21 Å². The van der Waals surface area contributed by atoms with Crippen LogP contribution in [0.1, 0.15) is 36.4 Å². The average molecular weight is 238 g/mol. The Kier molecular flexibility index (Phi) is 4.09. The standard InChI is InChI=1S/C12H17NO2S/c14-16(15)9-10-4-6-11(7-5-10)12-3-1-2-8-13-12/h4-7,12-13H,1-3,8-9H2,(H,14,15)/p-1. The minimum atomic E-state index is -1.99. The van der Waals surface area contributed by atoms with Crippen molar-refractivity contribution < 1.29 is 8.76 Å². The Balaban J connectivity index is 2.03. The Morgan fingerprint density at radius 3 is 2.62 bits per heavy atom. The van der Waals surface area contributed by atoms with Gasteiger partial charge in [-0.1, -0.05) is 41.8 Å². The van der Waals surface area contributed by atoms with E-state index in [4.69, 9.17) is 0 Å². The lowest BCUT2D eigenvalue weighted by Crippen LogP contribution is -2.26. The summed E-state index contributed by atoms with van der Waals surface area (Å²) in [6.07, 6.45) is 3.70. The molecule has 2 unspecified atom stereocenters. The monoisotopic (exact) mass is 238 g/mol. The van der Waals surface area contributed by atoms with Crippen molar-refractivity contribution in [1.82, 2.24) is 5.32 Å². The fraction of sp³-hybridized carbons (Fsp3) is 0.500. The maximum absolute atomic E-state index is 10.5. The molecule has 3 nitrogen and oxygen atoms in total. The van der Waals surface area contributed by atoms with Crippen LogP contribution in [0.15, 0.2) is 24.3 Å². The lowest BCUT2D eigenvalue weighted by molar-refractivity contribution is 0.412. The molecule has 1 aromatic rings. The van der Waals surface area contributed by atoms with E-state index in [-0.39, 0.29) is 5.75 Å². The molecule has 16 heavy (non-hydrogen) atoms. The summed E-state index contributed by atoms with van der Waals surface area (Å²) in [6, 6.07) is 8.32.